The van der Waals surface area contributed by atoms with Crippen LogP contribution in [0, 0.1) is 0 Å². The Morgan fingerprint density at radius 1 is 1.22 bits per heavy atom. The molecule has 6 heteroatoms. The van der Waals surface area contributed by atoms with Gasteiger partial charge in [0.2, 0.25) is 5.91 Å². The molecule has 0 radical (unpaired) electrons. The quantitative estimate of drug-likeness (QED) is 0.717. The molecule has 0 aromatic heterocycles. The number of aliphatic carboxylic acids is 1. The number of carboxylic acid groups (broad SMARTS) is 1. The van der Waals surface area contributed by atoms with Gasteiger partial charge in [-0.1, -0.05) is 0 Å². The van der Waals surface area contributed by atoms with E-state index in [1.807, 2.05) is 13.8 Å². The van der Waals surface area contributed by atoms with Crippen molar-refractivity contribution >= 4 is 11.9 Å². The molecule has 0 saturated carbocycles. The lowest BCUT2D eigenvalue weighted by Crippen LogP contribution is -2.61. The Hall–Kier alpha value is -1.14. The van der Waals surface area contributed by atoms with Gasteiger partial charge in [-0.05, 0) is 27.8 Å². The molecule has 104 valence electrons. The van der Waals surface area contributed by atoms with Gasteiger partial charge in [-0.3, -0.25) is 14.5 Å². The minimum Gasteiger partial charge on any atom is -0.480 e. The molecule has 1 heterocycles. The first-order valence-electron chi connectivity index (χ1n) is 6.22. The maximum Gasteiger partial charge on any atom is 0.325 e. The number of hydrogen-bond acceptors (Lipinski definition) is 4. The Morgan fingerprint density at radius 2 is 1.72 bits per heavy atom. The summed E-state index contributed by atoms with van der Waals surface area (Å²) in [6.45, 7) is 8.62. The smallest absolute Gasteiger partial charge is 0.325 e. The molecule has 1 unspecified atom stereocenters. The first-order chi connectivity index (χ1) is 8.25. The zero-order chi connectivity index (χ0) is 13.9. The number of carbonyl (C=O) groups is 2. The van der Waals surface area contributed by atoms with E-state index in [9.17, 15) is 9.59 Å². The zero-order valence-corrected chi connectivity index (χ0v) is 11.6. The molecule has 1 amide bonds. The van der Waals surface area contributed by atoms with Gasteiger partial charge >= 0.3 is 5.97 Å². The predicted octanol–water partition coefficient (Wildman–Crippen LogP) is -0.398. The van der Waals surface area contributed by atoms with Crippen LogP contribution in [0.15, 0.2) is 0 Å². The van der Waals surface area contributed by atoms with Crippen molar-refractivity contribution in [2.24, 2.45) is 0 Å². The van der Waals surface area contributed by atoms with Gasteiger partial charge in [0.05, 0.1) is 5.54 Å². The molecule has 18 heavy (non-hydrogen) atoms. The number of amides is 1. The molecular weight excluding hydrogens is 234 g/mol. The van der Waals surface area contributed by atoms with Crippen LogP contribution in [0.3, 0.4) is 0 Å². The number of piperazine rings is 1. The number of rotatable bonds is 4. The van der Waals surface area contributed by atoms with Crippen molar-refractivity contribution in [3.05, 3.63) is 0 Å². The molecule has 1 fully saturated rings. The lowest BCUT2D eigenvalue weighted by atomic mass is 10.00. The van der Waals surface area contributed by atoms with Crippen molar-refractivity contribution in [1.82, 2.24) is 15.1 Å². The highest BCUT2D eigenvalue weighted by molar-refractivity contribution is 5.89. The van der Waals surface area contributed by atoms with E-state index in [4.69, 9.17) is 5.11 Å². The third kappa shape index (κ3) is 3.43. The van der Waals surface area contributed by atoms with Gasteiger partial charge in [0.15, 0.2) is 0 Å². The van der Waals surface area contributed by atoms with E-state index in [-0.39, 0.29) is 5.91 Å². The standard InChI is InChI=1S/C12H23N3O3/c1-9(10(16)17)13-11(18)12(2,3)15-7-5-14(4)6-8-15/h9H,5-8H2,1-4H3,(H,13,18)(H,16,17). The number of likely N-dealkylation sites (N-methyl/N-ethyl adjacent to an activating group) is 1. The van der Waals surface area contributed by atoms with E-state index in [0.29, 0.717) is 0 Å². The zero-order valence-electron chi connectivity index (χ0n) is 11.6. The normalized spacial score (nSPS) is 20.4. The first-order valence-corrected chi connectivity index (χ1v) is 6.22. The number of carboxylic acids is 1. The fourth-order valence-electron chi connectivity index (χ4n) is 1.94. The molecule has 0 aliphatic carbocycles. The van der Waals surface area contributed by atoms with Crippen molar-refractivity contribution in [2.75, 3.05) is 33.2 Å². The van der Waals surface area contributed by atoms with E-state index in [0.717, 1.165) is 26.2 Å². The lowest BCUT2D eigenvalue weighted by Gasteiger charge is -2.42. The number of hydrogen-bond donors (Lipinski definition) is 2. The van der Waals surface area contributed by atoms with Gasteiger partial charge < -0.3 is 15.3 Å². The summed E-state index contributed by atoms with van der Waals surface area (Å²) >= 11 is 0. The Bertz CT molecular complexity index is 323. The van der Waals surface area contributed by atoms with Gasteiger partial charge in [0, 0.05) is 26.2 Å². The SMILES string of the molecule is CC(NC(=O)C(C)(C)N1CCN(C)CC1)C(=O)O. The number of carbonyl (C=O) groups excluding carboxylic acids is 1. The predicted molar refractivity (Wildman–Crippen MR) is 68.4 cm³/mol. The van der Waals surface area contributed by atoms with Crippen molar-refractivity contribution in [3.8, 4) is 0 Å². The largest absolute Gasteiger partial charge is 0.480 e. The second kappa shape index (κ2) is 5.67. The third-order valence-electron chi connectivity index (χ3n) is 3.57. The van der Waals surface area contributed by atoms with Crippen molar-refractivity contribution in [3.63, 3.8) is 0 Å². The molecule has 0 bridgehead atoms. The summed E-state index contributed by atoms with van der Waals surface area (Å²) in [5, 5.41) is 11.3. The average molecular weight is 257 g/mol. The van der Waals surface area contributed by atoms with Crippen LogP contribution >= 0.6 is 0 Å². The Morgan fingerprint density at radius 3 is 2.17 bits per heavy atom. The van der Waals surface area contributed by atoms with E-state index in [1.54, 1.807) is 0 Å². The molecule has 1 rings (SSSR count). The van der Waals surface area contributed by atoms with Gasteiger partial charge in [0.1, 0.15) is 6.04 Å². The van der Waals surface area contributed by atoms with Gasteiger partial charge in [-0.2, -0.15) is 0 Å². The fourth-order valence-corrected chi connectivity index (χ4v) is 1.94. The number of nitrogens with one attached hydrogen (secondary N) is 1. The van der Waals surface area contributed by atoms with Gasteiger partial charge in [0.25, 0.3) is 0 Å². The third-order valence-corrected chi connectivity index (χ3v) is 3.57. The van der Waals surface area contributed by atoms with E-state index in [1.165, 1.54) is 6.92 Å². The summed E-state index contributed by atoms with van der Waals surface area (Å²) < 4.78 is 0. The highest BCUT2D eigenvalue weighted by Crippen LogP contribution is 2.17. The van der Waals surface area contributed by atoms with Crippen molar-refractivity contribution in [2.45, 2.75) is 32.4 Å². The highest BCUT2D eigenvalue weighted by Gasteiger charge is 2.36. The van der Waals surface area contributed by atoms with E-state index in [2.05, 4.69) is 22.2 Å². The number of nitrogens with zero attached hydrogens (tertiary/aromatic N) is 2. The van der Waals surface area contributed by atoms with Crippen molar-refractivity contribution < 1.29 is 14.7 Å². The minimum atomic E-state index is -1.02. The van der Waals surface area contributed by atoms with Crippen LogP contribution in [0.25, 0.3) is 0 Å². The van der Waals surface area contributed by atoms with Crippen molar-refractivity contribution in [1.29, 1.82) is 0 Å². The highest BCUT2D eigenvalue weighted by atomic mass is 16.4. The Labute approximate surface area is 108 Å². The monoisotopic (exact) mass is 257 g/mol. The summed E-state index contributed by atoms with van der Waals surface area (Å²) in [7, 11) is 2.05. The molecule has 6 nitrogen and oxygen atoms in total. The maximum atomic E-state index is 12.1. The van der Waals surface area contributed by atoms with Crippen LogP contribution in [0.4, 0.5) is 0 Å². The van der Waals surface area contributed by atoms with Crippen LogP contribution in [-0.2, 0) is 9.59 Å². The average Bonchev–Trinajstić information content (AvgIpc) is 2.29. The van der Waals surface area contributed by atoms with Crippen LogP contribution < -0.4 is 5.32 Å². The summed E-state index contributed by atoms with van der Waals surface area (Å²) in [6.07, 6.45) is 0. The van der Waals surface area contributed by atoms with Crippen LogP contribution in [0.1, 0.15) is 20.8 Å². The molecule has 0 aromatic rings. The topological polar surface area (TPSA) is 72.9 Å². The molecule has 0 spiro atoms. The van der Waals surface area contributed by atoms with E-state index >= 15 is 0 Å². The molecule has 1 atom stereocenters. The summed E-state index contributed by atoms with van der Waals surface area (Å²) in [6, 6.07) is -0.857. The van der Waals surface area contributed by atoms with E-state index < -0.39 is 17.6 Å². The molecular formula is C12H23N3O3. The summed E-state index contributed by atoms with van der Waals surface area (Å²) in [4.78, 5) is 27.2. The fraction of sp³-hybridized carbons (Fsp3) is 0.833. The molecule has 1 aliphatic rings. The maximum absolute atomic E-state index is 12.1. The Balaban J connectivity index is 2.62. The molecule has 0 aromatic carbocycles. The van der Waals surface area contributed by atoms with Gasteiger partial charge in [-0.15, -0.1) is 0 Å². The minimum absolute atomic E-state index is 0.234. The second-order valence-electron chi connectivity index (χ2n) is 5.38. The lowest BCUT2D eigenvalue weighted by molar-refractivity contribution is -0.143. The van der Waals surface area contributed by atoms with Crippen LogP contribution in [-0.4, -0.2) is 71.6 Å². The molecule has 1 saturated heterocycles. The van der Waals surface area contributed by atoms with Crippen LogP contribution in [0.2, 0.25) is 0 Å². The molecule has 2 N–H and O–H groups in total. The Kier molecular flexibility index (Phi) is 4.70. The second-order valence-corrected chi connectivity index (χ2v) is 5.38. The first kappa shape index (κ1) is 14.9. The molecule has 1 aliphatic heterocycles. The summed E-state index contributed by atoms with van der Waals surface area (Å²) in [5.74, 6) is -1.25. The van der Waals surface area contributed by atoms with Crippen LogP contribution in [0.5, 0.6) is 0 Å². The van der Waals surface area contributed by atoms with Gasteiger partial charge in [-0.25, -0.2) is 0 Å². The summed E-state index contributed by atoms with van der Waals surface area (Å²) in [5.41, 5.74) is -0.676.